The molecule has 0 aromatic carbocycles. The first-order valence-electron chi connectivity index (χ1n) is 7.92. The van der Waals surface area contributed by atoms with Crippen LogP contribution in [0, 0.1) is 0 Å². The van der Waals surface area contributed by atoms with Gasteiger partial charge in [0, 0.05) is 24.9 Å². The van der Waals surface area contributed by atoms with Crippen LogP contribution in [0.15, 0.2) is 42.9 Å². The molecular weight excluding hydrogens is 333 g/mol. The highest BCUT2D eigenvalue weighted by Gasteiger charge is 2.25. The fourth-order valence-corrected chi connectivity index (χ4v) is 2.36. The van der Waals surface area contributed by atoms with Gasteiger partial charge in [0.05, 0.1) is 29.5 Å². The van der Waals surface area contributed by atoms with Crippen molar-refractivity contribution in [3.8, 4) is 5.69 Å². The smallest absolute Gasteiger partial charge is 0.306 e. The Labute approximate surface area is 143 Å². The first-order chi connectivity index (χ1) is 11.9. The maximum atomic E-state index is 12.3. The number of hydrogen-bond acceptors (Lipinski definition) is 3. The number of pyridine rings is 1. The van der Waals surface area contributed by atoms with Gasteiger partial charge in [-0.05, 0) is 25.5 Å². The van der Waals surface area contributed by atoms with Crippen LogP contribution in [0.2, 0.25) is 0 Å². The number of allylic oxidation sites excluding steroid dienone is 1. The predicted molar refractivity (Wildman–Crippen MR) is 88.6 cm³/mol. The highest BCUT2D eigenvalue weighted by molar-refractivity contribution is 6.01. The van der Waals surface area contributed by atoms with Gasteiger partial charge in [-0.1, -0.05) is 13.3 Å². The van der Waals surface area contributed by atoms with Crippen molar-refractivity contribution in [2.75, 3.05) is 11.4 Å². The molecule has 2 aromatic rings. The summed E-state index contributed by atoms with van der Waals surface area (Å²) in [5.41, 5.74) is 1.87. The molecule has 0 N–H and O–H groups in total. The second kappa shape index (κ2) is 7.96. The Bertz CT molecular complexity index is 738. The summed E-state index contributed by atoms with van der Waals surface area (Å²) in [6.07, 6.45) is 2.26. The lowest BCUT2D eigenvalue weighted by molar-refractivity contribution is -0.115. The van der Waals surface area contributed by atoms with Crippen molar-refractivity contribution in [1.29, 1.82) is 0 Å². The molecule has 1 amide bonds. The molecule has 0 bridgehead atoms. The molecule has 0 fully saturated rings. The van der Waals surface area contributed by atoms with Crippen LogP contribution in [0.1, 0.15) is 26.0 Å². The molecule has 2 aromatic heterocycles. The fourth-order valence-electron chi connectivity index (χ4n) is 2.36. The molecule has 8 heteroatoms. The SMILES string of the molecule is CCCc1nn(-c2cccnc2)cc1N(CC)C(=O)/C=C/C(F)(F)F. The molecule has 0 saturated carbocycles. The Balaban J connectivity index is 2.39. The van der Waals surface area contributed by atoms with Crippen LogP contribution in [0.5, 0.6) is 0 Å². The zero-order valence-electron chi connectivity index (χ0n) is 14.0. The van der Waals surface area contributed by atoms with Crippen LogP contribution in [0.25, 0.3) is 5.69 Å². The summed E-state index contributed by atoms with van der Waals surface area (Å²) >= 11 is 0. The highest BCUT2D eigenvalue weighted by atomic mass is 19.4. The number of aryl methyl sites for hydroxylation is 1. The number of carbonyl (C=O) groups is 1. The first-order valence-corrected chi connectivity index (χ1v) is 7.92. The van der Waals surface area contributed by atoms with E-state index in [1.165, 1.54) is 4.90 Å². The van der Waals surface area contributed by atoms with E-state index in [1.807, 2.05) is 6.92 Å². The minimum absolute atomic E-state index is 0.0526. The highest BCUT2D eigenvalue weighted by Crippen LogP contribution is 2.24. The van der Waals surface area contributed by atoms with E-state index in [0.717, 1.165) is 6.42 Å². The molecule has 2 heterocycles. The molecule has 0 aliphatic rings. The molecule has 0 saturated heterocycles. The number of rotatable bonds is 6. The number of alkyl halides is 3. The van der Waals surface area contributed by atoms with Gasteiger partial charge >= 0.3 is 6.18 Å². The average molecular weight is 352 g/mol. The second-order valence-electron chi connectivity index (χ2n) is 5.32. The van der Waals surface area contributed by atoms with Crippen molar-refractivity contribution in [3.05, 3.63) is 48.6 Å². The van der Waals surface area contributed by atoms with Gasteiger partial charge in [0.1, 0.15) is 0 Å². The van der Waals surface area contributed by atoms with Crippen molar-refractivity contribution < 1.29 is 18.0 Å². The van der Waals surface area contributed by atoms with Crippen LogP contribution >= 0.6 is 0 Å². The summed E-state index contributed by atoms with van der Waals surface area (Å²) in [6.45, 7) is 3.90. The second-order valence-corrected chi connectivity index (χ2v) is 5.32. The van der Waals surface area contributed by atoms with E-state index >= 15 is 0 Å². The summed E-state index contributed by atoms with van der Waals surface area (Å²) in [5.74, 6) is -0.733. The van der Waals surface area contributed by atoms with E-state index in [9.17, 15) is 18.0 Å². The normalized spacial score (nSPS) is 11.9. The largest absolute Gasteiger partial charge is 0.409 e. The lowest BCUT2D eigenvalue weighted by atomic mass is 10.2. The van der Waals surface area contributed by atoms with Gasteiger partial charge in [0.25, 0.3) is 5.91 Å². The number of carbonyl (C=O) groups excluding carboxylic acids is 1. The molecule has 0 radical (unpaired) electrons. The molecule has 25 heavy (non-hydrogen) atoms. The lowest BCUT2D eigenvalue weighted by Crippen LogP contribution is -2.29. The van der Waals surface area contributed by atoms with Gasteiger partial charge in [-0.2, -0.15) is 18.3 Å². The van der Waals surface area contributed by atoms with E-state index in [2.05, 4.69) is 10.1 Å². The third-order valence-electron chi connectivity index (χ3n) is 3.45. The first kappa shape index (κ1) is 18.7. The fraction of sp³-hybridized carbons (Fsp3) is 0.353. The van der Waals surface area contributed by atoms with Crippen LogP contribution < -0.4 is 4.90 Å². The summed E-state index contributed by atoms with van der Waals surface area (Å²) < 4.78 is 38.6. The van der Waals surface area contributed by atoms with Crippen LogP contribution in [0.4, 0.5) is 18.9 Å². The lowest BCUT2D eigenvalue weighted by Gasteiger charge is -2.18. The molecule has 0 unspecified atom stereocenters. The summed E-state index contributed by atoms with van der Waals surface area (Å²) in [7, 11) is 0. The van der Waals surface area contributed by atoms with E-state index in [4.69, 9.17) is 0 Å². The Hall–Kier alpha value is -2.64. The van der Waals surface area contributed by atoms with Crippen molar-refractivity contribution in [1.82, 2.24) is 14.8 Å². The molecule has 0 aliphatic carbocycles. The summed E-state index contributed by atoms with van der Waals surface area (Å²) in [4.78, 5) is 17.5. The van der Waals surface area contributed by atoms with E-state index in [1.54, 1.807) is 42.3 Å². The van der Waals surface area contributed by atoms with Gasteiger partial charge in [0.2, 0.25) is 0 Å². The van der Waals surface area contributed by atoms with Crippen molar-refractivity contribution in [2.24, 2.45) is 0 Å². The Morgan fingerprint density at radius 1 is 1.36 bits per heavy atom. The standard InChI is InChI=1S/C17H19F3N4O/c1-3-6-14-15(12-24(22-14)13-7-5-10-21-11-13)23(4-2)16(25)8-9-17(18,19)20/h5,7-12H,3-4,6H2,1-2H3/b9-8+. The quantitative estimate of drug-likeness (QED) is 0.745. The molecule has 5 nitrogen and oxygen atoms in total. The van der Waals surface area contributed by atoms with Crippen molar-refractivity contribution in [2.45, 2.75) is 32.9 Å². The Morgan fingerprint density at radius 2 is 2.12 bits per heavy atom. The average Bonchev–Trinajstić information content (AvgIpc) is 2.98. The molecule has 0 aliphatic heterocycles. The summed E-state index contributed by atoms with van der Waals surface area (Å²) in [5, 5.41) is 4.47. The van der Waals surface area contributed by atoms with Crippen LogP contribution in [-0.2, 0) is 11.2 Å². The van der Waals surface area contributed by atoms with E-state index < -0.39 is 12.1 Å². The minimum Gasteiger partial charge on any atom is -0.306 e. The third-order valence-corrected chi connectivity index (χ3v) is 3.45. The Kier molecular flexibility index (Phi) is 5.95. The predicted octanol–water partition coefficient (Wildman–Crippen LogP) is 3.69. The molecule has 0 spiro atoms. The van der Waals surface area contributed by atoms with Crippen molar-refractivity contribution >= 4 is 11.6 Å². The van der Waals surface area contributed by atoms with Gasteiger partial charge < -0.3 is 4.90 Å². The maximum Gasteiger partial charge on any atom is 0.409 e. The van der Waals surface area contributed by atoms with Gasteiger partial charge in [-0.3, -0.25) is 9.78 Å². The van der Waals surface area contributed by atoms with Crippen molar-refractivity contribution in [3.63, 3.8) is 0 Å². The van der Waals surface area contributed by atoms with E-state index in [0.29, 0.717) is 29.6 Å². The third kappa shape index (κ3) is 4.91. The molecule has 134 valence electrons. The van der Waals surface area contributed by atoms with Gasteiger partial charge in [-0.25, -0.2) is 4.68 Å². The zero-order chi connectivity index (χ0) is 18.4. The van der Waals surface area contributed by atoms with Crippen LogP contribution in [0.3, 0.4) is 0 Å². The number of anilines is 1. The number of halogens is 3. The number of likely N-dealkylation sites (N-methyl/N-ethyl adjacent to an activating group) is 1. The van der Waals surface area contributed by atoms with Gasteiger partial charge in [0.15, 0.2) is 0 Å². The number of aromatic nitrogens is 3. The van der Waals surface area contributed by atoms with Gasteiger partial charge in [-0.15, -0.1) is 0 Å². The van der Waals surface area contributed by atoms with Crippen LogP contribution in [-0.4, -0.2) is 33.4 Å². The van der Waals surface area contributed by atoms with E-state index in [-0.39, 0.29) is 12.6 Å². The number of amides is 1. The zero-order valence-corrected chi connectivity index (χ0v) is 14.0. The number of hydrogen-bond donors (Lipinski definition) is 0. The maximum absolute atomic E-state index is 12.3. The molecular formula is C17H19F3N4O. The Morgan fingerprint density at radius 3 is 2.68 bits per heavy atom. The molecule has 0 atom stereocenters. The molecule has 2 rings (SSSR count). The topological polar surface area (TPSA) is 51.0 Å². The monoisotopic (exact) mass is 352 g/mol. The number of nitrogens with zero attached hydrogens (tertiary/aromatic N) is 4. The minimum atomic E-state index is -4.53. The summed E-state index contributed by atoms with van der Waals surface area (Å²) in [6, 6.07) is 3.56.